The van der Waals surface area contributed by atoms with Crippen LogP contribution in [-0.4, -0.2) is 16.3 Å². The Morgan fingerprint density at radius 2 is 2.00 bits per heavy atom. The predicted octanol–water partition coefficient (Wildman–Crippen LogP) is 3.01. The molecule has 0 atom stereocenters. The van der Waals surface area contributed by atoms with Crippen LogP contribution < -0.4 is 0 Å². The maximum absolute atomic E-state index is 10.9. The van der Waals surface area contributed by atoms with E-state index in [-0.39, 0.29) is 5.56 Å². The van der Waals surface area contributed by atoms with Crippen molar-refractivity contribution in [1.29, 1.82) is 0 Å². The van der Waals surface area contributed by atoms with E-state index < -0.39 is 16.4 Å². The van der Waals surface area contributed by atoms with E-state index in [1.165, 1.54) is 12.1 Å². The molecule has 0 spiro atoms. The highest BCUT2D eigenvalue weighted by Crippen LogP contribution is 2.31. The summed E-state index contributed by atoms with van der Waals surface area (Å²) in [7, 11) is 0. The zero-order valence-corrected chi connectivity index (χ0v) is 10.9. The summed E-state index contributed by atoms with van der Waals surface area (Å²) in [5.74, 6) is -0.585. The number of nitrogens with zero attached hydrogens (tertiary/aromatic N) is 1. The Labute approximate surface area is 115 Å². The fourth-order valence-corrected chi connectivity index (χ4v) is 2.06. The van der Waals surface area contributed by atoms with Gasteiger partial charge in [0.15, 0.2) is 6.29 Å². The summed E-state index contributed by atoms with van der Waals surface area (Å²) in [5, 5.41) is 20.5. The second-order valence-electron chi connectivity index (χ2n) is 4.53. The highest BCUT2D eigenvalue weighted by atomic mass is 16.6. The molecule has 0 aliphatic heterocycles. The number of aldehydes is 1. The summed E-state index contributed by atoms with van der Waals surface area (Å²) in [6.07, 6.45) is 0.887. The molecule has 0 aromatic heterocycles. The normalized spacial score (nSPS) is 10.2. The lowest BCUT2D eigenvalue weighted by Crippen LogP contribution is -1.97. The maximum Gasteiger partial charge on any atom is 0.311 e. The number of carbonyl (C=O) groups is 1. The molecule has 0 bridgehead atoms. The van der Waals surface area contributed by atoms with E-state index >= 15 is 0 Å². The van der Waals surface area contributed by atoms with E-state index in [1.807, 2.05) is 31.2 Å². The number of phenols is 1. The minimum absolute atomic E-state index is 0.0669. The zero-order chi connectivity index (χ0) is 14.7. The van der Waals surface area contributed by atoms with E-state index in [4.69, 9.17) is 0 Å². The number of rotatable bonds is 4. The molecule has 0 aliphatic carbocycles. The molecule has 2 aromatic rings. The molecule has 0 radical (unpaired) electrons. The molecular weight excluding hydrogens is 258 g/mol. The molecule has 0 amide bonds. The first kappa shape index (κ1) is 13.7. The smallest absolute Gasteiger partial charge is 0.311 e. The van der Waals surface area contributed by atoms with Crippen molar-refractivity contribution in [2.45, 2.75) is 13.3 Å². The molecule has 5 heteroatoms. The first-order valence-corrected chi connectivity index (χ1v) is 6.03. The highest BCUT2D eigenvalue weighted by Gasteiger charge is 2.19. The van der Waals surface area contributed by atoms with E-state index in [0.717, 1.165) is 11.1 Å². The van der Waals surface area contributed by atoms with Gasteiger partial charge in [-0.25, -0.2) is 0 Å². The molecule has 0 fully saturated rings. The van der Waals surface area contributed by atoms with E-state index in [2.05, 4.69) is 0 Å². The molecule has 0 unspecified atom stereocenters. The monoisotopic (exact) mass is 271 g/mol. The Balaban J connectivity index is 2.47. The van der Waals surface area contributed by atoms with Gasteiger partial charge in [0.05, 0.1) is 10.5 Å². The van der Waals surface area contributed by atoms with Crippen LogP contribution in [-0.2, 0) is 6.42 Å². The number of phenolic OH excluding ortho intramolecular Hbond substituents is 1. The van der Waals surface area contributed by atoms with Gasteiger partial charge in [0.25, 0.3) is 0 Å². The van der Waals surface area contributed by atoms with Crippen molar-refractivity contribution in [3.05, 3.63) is 68.8 Å². The van der Waals surface area contributed by atoms with Gasteiger partial charge in [0.2, 0.25) is 5.75 Å². The largest absolute Gasteiger partial charge is 0.502 e. The molecule has 20 heavy (non-hydrogen) atoms. The molecule has 0 aliphatic rings. The van der Waals surface area contributed by atoms with Crippen LogP contribution in [0.5, 0.6) is 5.75 Å². The van der Waals surface area contributed by atoms with Crippen LogP contribution in [0.15, 0.2) is 36.4 Å². The Bertz CT molecular complexity index is 680. The van der Waals surface area contributed by atoms with Gasteiger partial charge in [0.1, 0.15) is 0 Å². The lowest BCUT2D eigenvalue weighted by molar-refractivity contribution is -0.385. The molecule has 1 N–H and O–H groups in total. The number of benzene rings is 2. The van der Waals surface area contributed by atoms with Crippen molar-refractivity contribution in [3.63, 3.8) is 0 Å². The fraction of sp³-hybridized carbons (Fsp3) is 0.133. The summed E-state index contributed by atoms with van der Waals surface area (Å²) in [6.45, 7) is 1.95. The third-order valence-corrected chi connectivity index (χ3v) is 3.16. The van der Waals surface area contributed by atoms with Gasteiger partial charge in [-0.3, -0.25) is 14.9 Å². The lowest BCUT2D eigenvalue weighted by atomic mass is 9.98. The number of aryl methyl sites for hydroxylation is 1. The predicted molar refractivity (Wildman–Crippen MR) is 74.1 cm³/mol. The summed E-state index contributed by atoms with van der Waals surface area (Å²) >= 11 is 0. The molecule has 5 nitrogen and oxygen atoms in total. The third kappa shape index (κ3) is 2.66. The number of carbonyl (C=O) groups excluding carboxylic acids is 1. The van der Waals surface area contributed by atoms with E-state index in [9.17, 15) is 20.0 Å². The van der Waals surface area contributed by atoms with Crippen LogP contribution in [0, 0.1) is 17.0 Å². The topological polar surface area (TPSA) is 80.4 Å². The zero-order valence-electron chi connectivity index (χ0n) is 10.9. The molecule has 0 saturated heterocycles. The van der Waals surface area contributed by atoms with Crippen molar-refractivity contribution in [3.8, 4) is 5.75 Å². The summed E-state index contributed by atoms with van der Waals surface area (Å²) < 4.78 is 0. The number of hydrogen-bond donors (Lipinski definition) is 1. The van der Waals surface area contributed by atoms with Crippen LogP contribution in [0.4, 0.5) is 5.69 Å². The van der Waals surface area contributed by atoms with Crippen LogP contribution in [0.1, 0.15) is 27.0 Å². The van der Waals surface area contributed by atoms with E-state index in [1.54, 1.807) is 0 Å². The van der Waals surface area contributed by atoms with Gasteiger partial charge in [-0.15, -0.1) is 0 Å². The average Bonchev–Trinajstić information content (AvgIpc) is 2.42. The number of hydrogen-bond acceptors (Lipinski definition) is 4. The first-order valence-electron chi connectivity index (χ1n) is 6.03. The molecule has 2 aromatic carbocycles. The van der Waals surface area contributed by atoms with Gasteiger partial charge in [-0.2, -0.15) is 0 Å². The van der Waals surface area contributed by atoms with Crippen molar-refractivity contribution >= 4 is 12.0 Å². The van der Waals surface area contributed by atoms with Gasteiger partial charge in [-0.05, 0) is 36.1 Å². The van der Waals surface area contributed by atoms with E-state index in [0.29, 0.717) is 18.3 Å². The first-order chi connectivity index (χ1) is 9.52. The van der Waals surface area contributed by atoms with Crippen molar-refractivity contribution in [2.75, 3.05) is 0 Å². The number of aromatic hydroxyl groups is 1. The molecular formula is C15H13NO4. The van der Waals surface area contributed by atoms with Gasteiger partial charge in [-0.1, -0.05) is 24.3 Å². The third-order valence-electron chi connectivity index (χ3n) is 3.16. The van der Waals surface area contributed by atoms with Crippen molar-refractivity contribution in [2.24, 2.45) is 0 Å². The summed E-state index contributed by atoms with van der Waals surface area (Å²) in [4.78, 5) is 21.1. The second-order valence-corrected chi connectivity index (χ2v) is 4.53. The summed E-state index contributed by atoms with van der Waals surface area (Å²) in [5.41, 5.74) is 2.19. The van der Waals surface area contributed by atoms with Crippen molar-refractivity contribution in [1.82, 2.24) is 0 Å². The Hall–Kier alpha value is -2.69. The fourth-order valence-electron chi connectivity index (χ4n) is 2.06. The van der Waals surface area contributed by atoms with Gasteiger partial charge < -0.3 is 5.11 Å². The Kier molecular flexibility index (Phi) is 3.79. The lowest BCUT2D eigenvalue weighted by Gasteiger charge is -2.07. The maximum atomic E-state index is 10.9. The quantitative estimate of drug-likeness (QED) is 0.526. The Morgan fingerprint density at radius 1 is 1.30 bits per heavy atom. The average molecular weight is 271 g/mol. The highest BCUT2D eigenvalue weighted by molar-refractivity contribution is 5.82. The number of nitro benzene ring substituents is 1. The second kappa shape index (κ2) is 5.52. The minimum atomic E-state index is -0.691. The number of nitro groups is 1. The molecule has 102 valence electrons. The molecule has 0 saturated carbocycles. The van der Waals surface area contributed by atoms with Crippen LogP contribution in [0.2, 0.25) is 0 Å². The molecule has 2 rings (SSSR count). The minimum Gasteiger partial charge on any atom is -0.502 e. The standard InChI is InChI=1S/C15H13NO4/c1-10-4-2-3-5-12(10)6-11-7-13(9-17)15(18)14(8-11)16(19)20/h2-5,7-9,18H,6H2,1H3. The van der Waals surface area contributed by atoms with Crippen LogP contribution in [0.3, 0.4) is 0 Å². The SMILES string of the molecule is Cc1ccccc1Cc1cc(C=O)c(O)c([N+](=O)[O-])c1. The van der Waals surface area contributed by atoms with Crippen molar-refractivity contribution < 1.29 is 14.8 Å². The van der Waals surface area contributed by atoms with Crippen LogP contribution in [0.25, 0.3) is 0 Å². The molecule has 0 heterocycles. The van der Waals surface area contributed by atoms with Gasteiger partial charge in [0, 0.05) is 6.07 Å². The van der Waals surface area contributed by atoms with Crippen LogP contribution >= 0.6 is 0 Å². The summed E-state index contributed by atoms with van der Waals surface area (Å²) in [6, 6.07) is 10.4. The van der Waals surface area contributed by atoms with Gasteiger partial charge >= 0.3 is 5.69 Å². The Morgan fingerprint density at radius 3 is 2.60 bits per heavy atom.